The normalized spacial score (nSPS) is 32.1. The number of alkyl halides is 2. The van der Waals surface area contributed by atoms with E-state index in [4.69, 9.17) is 16.2 Å². The summed E-state index contributed by atoms with van der Waals surface area (Å²) in [5.74, 6) is 4.80. The molecule has 2 unspecified atom stereocenters. The monoisotopic (exact) mass is 758 g/mol. The van der Waals surface area contributed by atoms with Crippen molar-refractivity contribution in [3.8, 4) is 0 Å². The van der Waals surface area contributed by atoms with Gasteiger partial charge in [-0.3, -0.25) is 0 Å². The summed E-state index contributed by atoms with van der Waals surface area (Å²) in [4.78, 5) is 14.8. The Bertz CT molecular complexity index is 1010. The number of allylic oxidation sites excluding steroid dienone is 1. The predicted octanol–water partition coefficient (Wildman–Crippen LogP) is 9.06. The van der Waals surface area contributed by atoms with Crippen molar-refractivity contribution in [2.24, 2.45) is 57.8 Å². The smallest absolute Gasteiger partial charge is 0.410 e. The van der Waals surface area contributed by atoms with Crippen LogP contribution in [0.25, 0.3) is 0 Å². The highest BCUT2D eigenvalue weighted by Crippen LogP contribution is 2.67. The number of carbonyl (C=O) groups excluding carboxylic acids is 1. The fourth-order valence-electron chi connectivity index (χ4n) is 10.4. The molecule has 11 heteroatoms. The Morgan fingerprint density at radius 1 is 0.959 bits per heavy atom. The van der Waals surface area contributed by atoms with Gasteiger partial charge in [0.05, 0.1) is 6.54 Å². The van der Waals surface area contributed by atoms with Gasteiger partial charge < -0.3 is 26.4 Å². The van der Waals surface area contributed by atoms with Gasteiger partial charge in [0.1, 0.15) is 18.4 Å². The summed E-state index contributed by atoms with van der Waals surface area (Å²) < 4.78 is 33.8. The molecule has 6 nitrogen and oxygen atoms in total. The number of fused-ring (bicyclic) bond motifs is 5. The second kappa shape index (κ2) is 21.4. The minimum Gasteiger partial charge on any atom is -0.446 e. The zero-order valence-electron chi connectivity index (χ0n) is 31.1. The number of nitrogens with two attached hydrogens (primary N) is 2. The Morgan fingerprint density at radius 2 is 1.67 bits per heavy atom. The van der Waals surface area contributed by atoms with Crippen LogP contribution in [0.15, 0.2) is 11.6 Å². The maximum absolute atomic E-state index is 14.3. The number of rotatable bonds is 17. The van der Waals surface area contributed by atoms with Crippen molar-refractivity contribution >= 4 is 43.3 Å². The van der Waals surface area contributed by atoms with Crippen LogP contribution in [0.1, 0.15) is 118 Å². The molecule has 4 rings (SSSR count). The van der Waals surface area contributed by atoms with E-state index in [9.17, 15) is 13.6 Å². The number of hydrogen-bond donors (Lipinski definition) is 3. The average molecular weight is 760 g/mol. The molecule has 0 heterocycles. The fraction of sp³-hybridized carbons (Fsp3) is 0.921. The average Bonchev–Trinajstić information content (AvgIpc) is 3.39. The third-order valence-electron chi connectivity index (χ3n) is 13.1. The second-order valence-corrected chi connectivity index (χ2v) is 16.6. The summed E-state index contributed by atoms with van der Waals surface area (Å²) in [7, 11) is 0. The third kappa shape index (κ3) is 11.6. The predicted molar refractivity (Wildman–Crippen MR) is 207 cm³/mol. The second-order valence-electron chi connectivity index (χ2n) is 16.6. The molecule has 0 aromatic carbocycles. The lowest BCUT2D eigenvalue weighted by molar-refractivity contribution is -0.0595. The molecule has 0 bridgehead atoms. The molecule has 290 valence electrons. The molecule has 5 N–H and O–H groups in total. The van der Waals surface area contributed by atoms with E-state index in [1.165, 1.54) is 61.8 Å². The zero-order valence-corrected chi connectivity index (χ0v) is 33.6. The largest absolute Gasteiger partial charge is 0.446 e. The van der Waals surface area contributed by atoms with Gasteiger partial charge in [-0.25, -0.2) is 13.6 Å². The van der Waals surface area contributed by atoms with E-state index in [0.29, 0.717) is 24.9 Å². The van der Waals surface area contributed by atoms with Crippen molar-refractivity contribution in [1.29, 1.82) is 0 Å². The zero-order chi connectivity index (χ0) is 33.5. The molecule has 1 amide bonds. The molecule has 3 fully saturated rings. The lowest BCUT2D eigenvalue weighted by Gasteiger charge is -2.58. The summed E-state index contributed by atoms with van der Waals surface area (Å²) in [6, 6.07) is 0. The molecule has 0 spiro atoms. The summed E-state index contributed by atoms with van der Waals surface area (Å²) in [5.41, 5.74) is 13.0. The number of nitrogens with one attached hydrogen (secondary N) is 1. The van der Waals surface area contributed by atoms with Crippen LogP contribution in [0.3, 0.4) is 0 Å². The number of halogens is 5. The number of unbranched alkanes of at least 4 members (excludes halogenated alkanes) is 1. The minimum absolute atomic E-state index is 0. The molecule has 0 aromatic rings. The molecule has 0 radical (unpaired) electrons. The van der Waals surface area contributed by atoms with E-state index in [1.54, 1.807) is 0 Å². The lowest BCUT2D eigenvalue weighted by Crippen LogP contribution is -2.51. The van der Waals surface area contributed by atoms with Gasteiger partial charge >= 0.3 is 6.09 Å². The number of hydrogen-bond acceptors (Lipinski definition) is 5. The molecule has 49 heavy (non-hydrogen) atoms. The van der Waals surface area contributed by atoms with E-state index in [2.05, 4.69) is 46.0 Å². The highest BCUT2D eigenvalue weighted by atomic mass is 35.5. The van der Waals surface area contributed by atoms with Crippen molar-refractivity contribution in [2.45, 2.75) is 137 Å². The standard InChI is InChI=1S/C38H68F2N4O2.3ClH/c1-26(2)9-8-10-27(3)33-13-14-34-32-12-11-28-21-31(15-17-37(28,4)35(32)16-18-38(33,34)5)46-36(45)44(25-30(40)23-42)20-7-6-19-43-24-29(39)22-41;;;/h11,26-27,29-35,43H,6-10,12-25,41-42H2,1-5H3;3*1H/t27-,29?,30?,31+,32+,33-,34+,35+,37+,38-;;;/m1.../s1. The van der Waals surface area contributed by atoms with Crippen molar-refractivity contribution in [3.63, 3.8) is 0 Å². The first-order valence-corrected chi connectivity index (χ1v) is 19.0. The first kappa shape index (κ1) is 46.6. The molecule has 4 aliphatic rings. The van der Waals surface area contributed by atoms with E-state index in [0.717, 1.165) is 61.2 Å². The van der Waals surface area contributed by atoms with Crippen LogP contribution in [-0.2, 0) is 4.74 Å². The first-order valence-electron chi connectivity index (χ1n) is 19.0. The molecule has 4 aliphatic carbocycles. The fourth-order valence-corrected chi connectivity index (χ4v) is 10.4. The van der Waals surface area contributed by atoms with Gasteiger partial charge in [-0.1, -0.05) is 65.5 Å². The first-order chi connectivity index (χ1) is 21.9. The minimum atomic E-state index is -1.29. The molecule has 0 aliphatic heterocycles. The van der Waals surface area contributed by atoms with Gasteiger partial charge in [-0.05, 0) is 111 Å². The van der Waals surface area contributed by atoms with E-state index in [1.807, 2.05) is 0 Å². The Hall–Kier alpha value is -0.380. The van der Waals surface area contributed by atoms with Gasteiger partial charge in [0, 0.05) is 32.6 Å². The number of nitrogens with zero attached hydrogens (tertiary/aromatic N) is 1. The van der Waals surface area contributed by atoms with Crippen LogP contribution in [-0.4, -0.2) is 68.7 Å². The Morgan fingerprint density at radius 3 is 2.35 bits per heavy atom. The SMILES string of the molecule is CC(C)CCC[C@@H](C)[C@H]1CC[C@H]2[C@@H]3CC=C4C[C@@H](OC(=O)N(CCCCNCC(F)CN)CC(F)CN)CC[C@]4(C)[C@H]3CC[C@]12C.Cl.Cl.Cl. The van der Waals surface area contributed by atoms with E-state index in [-0.39, 0.29) is 74.9 Å². The van der Waals surface area contributed by atoms with Gasteiger partial charge in [-0.15, -0.1) is 37.2 Å². The Kier molecular flexibility index (Phi) is 20.3. The highest BCUT2D eigenvalue weighted by Gasteiger charge is 2.59. The molecule has 0 aromatic heterocycles. The van der Waals surface area contributed by atoms with Gasteiger partial charge in [-0.2, -0.15) is 0 Å². The van der Waals surface area contributed by atoms with Crippen LogP contribution in [0.4, 0.5) is 13.6 Å². The summed E-state index contributed by atoms with van der Waals surface area (Å²) >= 11 is 0. The van der Waals surface area contributed by atoms with Crippen LogP contribution in [0, 0.1) is 46.3 Å². The van der Waals surface area contributed by atoms with Crippen molar-refractivity contribution in [2.75, 3.05) is 39.3 Å². The number of ether oxygens (including phenoxy) is 1. The summed E-state index contributed by atoms with van der Waals surface area (Å²) in [6.45, 7) is 13.4. The molecule has 10 atom stereocenters. The van der Waals surface area contributed by atoms with Crippen LogP contribution in [0.2, 0.25) is 0 Å². The van der Waals surface area contributed by atoms with Crippen LogP contribution >= 0.6 is 37.2 Å². The third-order valence-corrected chi connectivity index (χ3v) is 13.1. The Labute approximate surface area is 316 Å². The van der Waals surface area contributed by atoms with Gasteiger partial charge in [0.25, 0.3) is 0 Å². The Balaban J connectivity index is 0.00000400. The van der Waals surface area contributed by atoms with Crippen molar-refractivity contribution in [3.05, 3.63) is 11.6 Å². The quantitative estimate of drug-likeness (QED) is 0.102. The molecule has 0 saturated heterocycles. The number of carbonyl (C=O) groups is 1. The highest BCUT2D eigenvalue weighted by molar-refractivity contribution is 5.86. The van der Waals surface area contributed by atoms with Crippen molar-refractivity contribution < 1.29 is 18.3 Å². The van der Waals surface area contributed by atoms with Gasteiger partial charge in [0.2, 0.25) is 0 Å². The molecular weight excluding hydrogens is 689 g/mol. The summed E-state index contributed by atoms with van der Waals surface area (Å²) in [5, 5.41) is 3.05. The van der Waals surface area contributed by atoms with Crippen LogP contribution in [0.5, 0.6) is 0 Å². The van der Waals surface area contributed by atoms with E-state index >= 15 is 0 Å². The van der Waals surface area contributed by atoms with Gasteiger partial charge in [0.15, 0.2) is 0 Å². The van der Waals surface area contributed by atoms with Crippen LogP contribution < -0.4 is 16.8 Å². The maximum Gasteiger partial charge on any atom is 0.410 e. The van der Waals surface area contributed by atoms with Crippen molar-refractivity contribution in [1.82, 2.24) is 10.2 Å². The van der Waals surface area contributed by atoms with E-state index < -0.39 is 18.4 Å². The summed E-state index contributed by atoms with van der Waals surface area (Å²) in [6.07, 6.45) is 14.5. The maximum atomic E-state index is 14.3. The lowest BCUT2D eigenvalue weighted by atomic mass is 9.47. The molecule has 3 saturated carbocycles. The topological polar surface area (TPSA) is 93.6 Å². The number of amides is 1. The molecular formula is C38H71Cl3F2N4O2.